The molecule has 1 aliphatic carbocycles. The quantitative estimate of drug-likeness (QED) is 0.724. The van der Waals surface area contributed by atoms with Crippen LogP contribution in [0.5, 0.6) is 0 Å². The van der Waals surface area contributed by atoms with Gasteiger partial charge in [-0.3, -0.25) is 9.69 Å². The van der Waals surface area contributed by atoms with Crippen molar-refractivity contribution in [3.05, 3.63) is 59.5 Å². The summed E-state index contributed by atoms with van der Waals surface area (Å²) in [4.78, 5) is 17.1. The minimum atomic E-state index is -3.08. The third kappa shape index (κ3) is 4.56. The molecule has 2 heterocycles. The molecule has 0 bridgehead atoms. The highest BCUT2D eigenvalue weighted by atomic mass is 32.2. The molecule has 0 unspecified atom stereocenters. The first kappa shape index (κ1) is 20.2. The number of benzene rings is 1. The van der Waals surface area contributed by atoms with E-state index >= 15 is 0 Å². The lowest BCUT2D eigenvalue weighted by atomic mass is 9.87. The van der Waals surface area contributed by atoms with E-state index in [1.165, 1.54) is 11.1 Å². The van der Waals surface area contributed by atoms with Crippen LogP contribution in [0, 0.1) is 0 Å². The number of carbonyl (C=O) groups excluding carboxylic acids is 1. The lowest BCUT2D eigenvalue weighted by molar-refractivity contribution is -0.135. The minimum absolute atomic E-state index is 0.0371. The van der Waals surface area contributed by atoms with Gasteiger partial charge >= 0.3 is 0 Å². The number of likely N-dealkylation sites (N-methyl/N-ethyl adjacent to an activating group) is 1. The number of nitrogens with zero attached hydrogens (tertiary/aromatic N) is 2. The van der Waals surface area contributed by atoms with E-state index in [0.717, 1.165) is 19.3 Å². The molecule has 1 aromatic heterocycles. The van der Waals surface area contributed by atoms with Crippen molar-refractivity contribution in [2.75, 3.05) is 25.1 Å². The first-order valence-corrected chi connectivity index (χ1v) is 12.1. The van der Waals surface area contributed by atoms with Crippen LogP contribution in [0.1, 0.15) is 42.2 Å². The summed E-state index contributed by atoms with van der Waals surface area (Å²) in [5, 5.41) is 0. The Morgan fingerprint density at radius 1 is 1.17 bits per heavy atom. The molecular weight excluding hydrogens is 388 g/mol. The number of hydrogen-bond acceptors (Lipinski definition) is 5. The van der Waals surface area contributed by atoms with Crippen LogP contribution in [0.3, 0.4) is 0 Å². The molecule has 29 heavy (non-hydrogen) atoms. The summed E-state index contributed by atoms with van der Waals surface area (Å²) in [6.07, 6.45) is 5.28. The van der Waals surface area contributed by atoms with Gasteiger partial charge in [0.2, 0.25) is 5.91 Å². The molecular formula is C22H28N2O4S. The van der Waals surface area contributed by atoms with Crippen molar-refractivity contribution in [1.82, 2.24) is 9.80 Å². The first-order chi connectivity index (χ1) is 13.9. The van der Waals surface area contributed by atoms with Gasteiger partial charge in [-0.25, -0.2) is 8.42 Å². The fourth-order valence-electron chi connectivity index (χ4n) is 4.61. The fraction of sp³-hybridized carbons (Fsp3) is 0.500. The van der Waals surface area contributed by atoms with Crippen LogP contribution in [-0.4, -0.2) is 55.3 Å². The van der Waals surface area contributed by atoms with Gasteiger partial charge in [-0.05, 0) is 56.0 Å². The fourth-order valence-corrected chi connectivity index (χ4v) is 6.34. The van der Waals surface area contributed by atoms with E-state index in [0.29, 0.717) is 18.7 Å². The van der Waals surface area contributed by atoms with Gasteiger partial charge in [-0.1, -0.05) is 24.3 Å². The summed E-state index contributed by atoms with van der Waals surface area (Å²) in [5.41, 5.74) is 2.66. The Hall–Kier alpha value is -2.12. The molecule has 1 amide bonds. The third-order valence-corrected chi connectivity index (χ3v) is 7.88. The normalized spacial score (nSPS) is 23.1. The summed E-state index contributed by atoms with van der Waals surface area (Å²) in [7, 11) is -1.09. The van der Waals surface area contributed by atoms with Crippen LogP contribution < -0.4 is 0 Å². The zero-order valence-corrected chi connectivity index (χ0v) is 17.6. The molecule has 1 aliphatic heterocycles. The SMILES string of the molecule is CN(CC(=O)N(Cc1ccco1)[C@H]1CCS(=O)(=O)C1)[C@H]1CCCc2ccccc21. The maximum absolute atomic E-state index is 13.3. The minimum Gasteiger partial charge on any atom is -0.467 e. The summed E-state index contributed by atoms with van der Waals surface area (Å²) >= 11 is 0. The predicted octanol–water partition coefficient (Wildman–Crippen LogP) is 2.80. The van der Waals surface area contributed by atoms with Gasteiger partial charge in [0.05, 0.1) is 30.9 Å². The van der Waals surface area contributed by atoms with Crippen molar-refractivity contribution in [3.8, 4) is 0 Å². The number of furan rings is 1. The largest absolute Gasteiger partial charge is 0.467 e. The molecule has 2 aromatic rings. The number of sulfone groups is 1. The van der Waals surface area contributed by atoms with Crippen molar-refractivity contribution in [2.45, 2.75) is 44.3 Å². The van der Waals surface area contributed by atoms with Crippen LogP contribution in [0.4, 0.5) is 0 Å². The van der Waals surface area contributed by atoms with Crippen LogP contribution in [0.25, 0.3) is 0 Å². The topological polar surface area (TPSA) is 70.8 Å². The number of aryl methyl sites for hydroxylation is 1. The molecule has 2 aliphatic rings. The molecule has 0 radical (unpaired) electrons. The lowest BCUT2D eigenvalue weighted by Gasteiger charge is -2.35. The van der Waals surface area contributed by atoms with Gasteiger partial charge in [-0.2, -0.15) is 0 Å². The second kappa shape index (κ2) is 8.32. The number of fused-ring (bicyclic) bond motifs is 1. The molecule has 156 valence electrons. The molecule has 6 nitrogen and oxygen atoms in total. The van der Waals surface area contributed by atoms with Crippen LogP contribution >= 0.6 is 0 Å². The number of carbonyl (C=O) groups is 1. The molecule has 0 N–H and O–H groups in total. The van der Waals surface area contributed by atoms with Gasteiger partial charge in [0.25, 0.3) is 0 Å². The van der Waals surface area contributed by atoms with Crippen molar-refractivity contribution in [2.24, 2.45) is 0 Å². The van der Waals surface area contributed by atoms with E-state index < -0.39 is 9.84 Å². The van der Waals surface area contributed by atoms with E-state index in [2.05, 4.69) is 29.2 Å². The Balaban J connectivity index is 1.50. The number of hydrogen-bond donors (Lipinski definition) is 0. The Morgan fingerprint density at radius 2 is 2.00 bits per heavy atom. The van der Waals surface area contributed by atoms with Crippen LogP contribution in [0.2, 0.25) is 0 Å². The highest BCUT2D eigenvalue weighted by Gasteiger charge is 2.36. The van der Waals surface area contributed by atoms with E-state index in [4.69, 9.17) is 4.42 Å². The van der Waals surface area contributed by atoms with Crippen molar-refractivity contribution >= 4 is 15.7 Å². The summed E-state index contributed by atoms with van der Waals surface area (Å²) in [6.45, 7) is 0.567. The third-order valence-electron chi connectivity index (χ3n) is 6.13. The average Bonchev–Trinajstić information content (AvgIpc) is 3.34. The molecule has 0 spiro atoms. The maximum Gasteiger partial charge on any atom is 0.237 e. The Morgan fingerprint density at radius 3 is 2.72 bits per heavy atom. The lowest BCUT2D eigenvalue weighted by Crippen LogP contribution is -2.46. The molecule has 1 fully saturated rings. The molecule has 7 heteroatoms. The summed E-state index contributed by atoms with van der Waals surface area (Å²) < 4.78 is 29.4. The van der Waals surface area contributed by atoms with E-state index in [1.54, 1.807) is 17.2 Å². The second-order valence-electron chi connectivity index (χ2n) is 8.18. The Bertz CT molecular complexity index is 955. The zero-order chi connectivity index (χ0) is 20.4. The van der Waals surface area contributed by atoms with Gasteiger partial charge in [0, 0.05) is 12.1 Å². The monoisotopic (exact) mass is 416 g/mol. The van der Waals surface area contributed by atoms with Crippen molar-refractivity contribution < 1.29 is 17.6 Å². The molecule has 4 rings (SSSR count). The van der Waals surface area contributed by atoms with E-state index in [9.17, 15) is 13.2 Å². The number of rotatable bonds is 6. The maximum atomic E-state index is 13.3. The molecule has 1 saturated heterocycles. The van der Waals surface area contributed by atoms with Gasteiger partial charge in [0.15, 0.2) is 9.84 Å². The average molecular weight is 417 g/mol. The number of amides is 1. The van der Waals surface area contributed by atoms with Gasteiger partial charge in [0.1, 0.15) is 5.76 Å². The Labute approximate surface area is 172 Å². The predicted molar refractivity (Wildman–Crippen MR) is 111 cm³/mol. The van der Waals surface area contributed by atoms with Gasteiger partial charge in [-0.15, -0.1) is 0 Å². The van der Waals surface area contributed by atoms with Crippen molar-refractivity contribution in [3.63, 3.8) is 0 Å². The smallest absolute Gasteiger partial charge is 0.237 e. The van der Waals surface area contributed by atoms with E-state index in [1.807, 2.05) is 13.1 Å². The van der Waals surface area contributed by atoms with Gasteiger partial charge < -0.3 is 9.32 Å². The van der Waals surface area contributed by atoms with Crippen molar-refractivity contribution in [1.29, 1.82) is 0 Å². The highest BCUT2D eigenvalue weighted by molar-refractivity contribution is 7.91. The Kier molecular flexibility index (Phi) is 5.79. The summed E-state index contributed by atoms with van der Waals surface area (Å²) in [6, 6.07) is 12.0. The van der Waals surface area contributed by atoms with Crippen LogP contribution in [-0.2, 0) is 27.6 Å². The van der Waals surface area contributed by atoms with E-state index in [-0.39, 0.29) is 36.0 Å². The molecule has 2 atom stereocenters. The first-order valence-electron chi connectivity index (χ1n) is 10.2. The molecule has 1 aromatic carbocycles. The summed E-state index contributed by atoms with van der Waals surface area (Å²) in [5.74, 6) is 0.809. The molecule has 0 saturated carbocycles. The second-order valence-corrected chi connectivity index (χ2v) is 10.4. The standard InChI is InChI=1S/C22H28N2O4S/c1-23(21-10-4-7-17-6-2-3-9-20(17)21)15-22(25)24(14-19-8-5-12-28-19)18-11-13-29(26,27)16-18/h2-3,5-6,8-9,12,18,21H,4,7,10-11,13-16H2,1H3/t18-,21-/m0/s1. The zero-order valence-electron chi connectivity index (χ0n) is 16.8. The van der Waals surface area contributed by atoms with Crippen LogP contribution in [0.15, 0.2) is 47.1 Å². The highest BCUT2D eigenvalue weighted by Crippen LogP contribution is 2.33.